The highest BCUT2D eigenvalue weighted by Crippen LogP contribution is 2.29. The van der Waals surface area contributed by atoms with Gasteiger partial charge in [-0.2, -0.15) is 0 Å². The minimum Gasteiger partial charge on any atom is -0.497 e. The third-order valence-corrected chi connectivity index (χ3v) is 5.90. The van der Waals surface area contributed by atoms with Crippen LogP contribution in [0.1, 0.15) is 71.9 Å². The van der Waals surface area contributed by atoms with Gasteiger partial charge in [-0.15, -0.1) is 0 Å². The molecular weight excluding hydrogens is 394 g/mol. The van der Waals surface area contributed by atoms with Crippen molar-refractivity contribution in [2.24, 2.45) is 0 Å². The first-order chi connectivity index (χ1) is 15.0. The van der Waals surface area contributed by atoms with Crippen molar-refractivity contribution in [2.45, 2.75) is 52.1 Å². The van der Waals surface area contributed by atoms with Crippen molar-refractivity contribution in [1.29, 1.82) is 0 Å². The largest absolute Gasteiger partial charge is 0.497 e. The Bertz CT molecular complexity index is 989. The molecule has 1 aliphatic rings. The maximum absolute atomic E-state index is 13.1. The van der Waals surface area contributed by atoms with Crippen LogP contribution in [0.2, 0.25) is 0 Å². The lowest BCUT2D eigenvalue weighted by Gasteiger charge is -2.21. The number of carbonyl (C=O) groups is 2. The number of benzene rings is 1. The van der Waals surface area contributed by atoms with E-state index in [1.807, 2.05) is 42.7 Å². The number of pyridine rings is 1. The zero-order valence-corrected chi connectivity index (χ0v) is 18.5. The standard InChI is InChI=1S/C24H31N3O4/c1-4-26(5-2)24(30)21-16-27(18-10-6-7-11-18)15-20(22(21)28)23(29)25-14-17-9-8-12-19(13-17)31-3/h8-9,12-13,15-16,18H,4-7,10-11,14H2,1-3H3,(H,25,29). The number of aromatic nitrogens is 1. The minimum absolute atomic E-state index is 0.00722. The number of nitrogens with zero attached hydrogens (tertiary/aromatic N) is 2. The molecule has 1 fully saturated rings. The summed E-state index contributed by atoms with van der Waals surface area (Å²) in [6, 6.07) is 7.58. The fourth-order valence-electron chi connectivity index (χ4n) is 4.07. The van der Waals surface area contributed by atoms with Crippen molar-refractivity contribution in [1.82, 2.24) is 14.8 Å². The monoisotopic (exact) mass is 425 g/mol. The van der Waals surface area contributed by atoms with Gasteiger partial charge < -0.3 is 19.5 Å². The van der Waals surface area contributed by atoms with Gasteiger partial charge in [0.05, 0.1) is 7.11 Å². The van der Waals surface area contributed by atoms with E-state index in [1.165, 1.54) is 0 Å². The van der Waals surface area contributed by atoms with E-state index in [9.17, 15) is 14.4 Å². The Hall–Kier alpha value is -3.09. The second kappa shape index (κ2) is 10.3. The number of methoxy groups -OCH3 is 1. The third kappa shape index (κ3) is 5.16. The van der Waals surface area contributed by atoms with E-state index in [0.717, 1.165) is 31.2 Å². The van der Waals surface area contributed by atoms with Crippen LogP contribution in [-0.4, -0.2) is 41.5 Å². The first-order valence-electron chi connectivity index (χ1n) is 10.9. The molecule has 31 heavy (non-hydrogen) atoms. The maximum atomic E-state index is 13.1. The van der Waals surface area contributed by atoms with Crippen LogP contribution in [0.3, 0.4) is 0 Å². The van der Waals surface area contributed by atoms with Gasteiger partial charge in [-0.1, -0.05) is 25.0 Å². The number of carbonyl (C=O) groups excluding carboxylic acids is 2. The number of nitrogens with one attached hydrogen (secondary N) is 1. The molecular formula is C24H31N3O4. The van der Waals surface area contributed by atoms with Crippen molar-refractivity contribution in [3.05, 3.63) is 63.6 Å². The summed E-state index contributed by atoms with van der Waals surface area (Å²) in [6.45, 7) is 5.02. The van der Waals surface area contributed by atoms with Crippen LogP contribution in [0.5, 0.6) is 5.75 Å². The molecule has 2 aromatic rings. The quantitative estimate of drug-likeness (QED) is 0.703. The zero-order chi connectivity index (χ0) is 22.4. The molecule has 2 amide bonds. The number of hydrogen-bond donors (Lipinski definition) is 1. The van der Waals surface area contributed by atoms with Crippen molar-refractivity contribution in [3.63, 3.8) is 0 Å². The van der Waals surface area contributed by atoms with Gasteiger partial charge in [0.25, 0.3) is 11.8 Å². The van der Waals surface area contributed by atoms with Gasteiger partial charge in [0.2, 0.25) is 5.43 Å². The molecule has 1 aromatic heterocycles. The number of amides is 2. The molecule has 1 aliphatic carbocycles. The highest BCUT2D eigenvalue weighted by Gasteiger charge is 2.25. The van der Waals surface area contributed by atoms with Gasteiger partial charge in [0.15, 0.2) is 0 Å². The number of ether oxygens (including phenoxy) is 1. The van der Waals surface area contributed by atoms with Gasteiger partial charge in [0, 0.05) is 38.1 Å². The Morgan fingerprint density at radius 3 is 2.45 bits per heavy atom. The third-order valence-electron chi connectivity index (χ3n) is 5.90. The van der Waals surface area contributed by atoms with Gasteiger partial charge in [-0.05, 0) is 44.4 Å². The molecule has 0 aliphatic heterocycles. The summed E-state index contributed by atoms with van der Waals surface area (Å²) in [7, 11) is 1.58. The molecule has 0 unspecified atom stereocenters. The second-order valence-corrected chi connectivity index (χ2v) is 7.81. The molecule has 0 radical (unpaired) electrons. The zero-order valence-electron chi connectivity index (χ0n) is 18.5. The molecule has 0 atom stereocenters. The van der Waals surface area contributed by atoms with Gasteiger partial charge in [-0.25, -0.2) is 0 Å². The van der Waals surface area contributed by atoms with Crippen molar-refractivity contribution < 1.29 is 14.3 Å². The molecule has 1 aromatic carbocycles. The molecule has 7 heteroatoms. The van der Waals surface area contributed by atoms with Gasteiger partial charge in [0.1, 0.15) is 16.9 Å². The smallest absolute Gasteiger partial charge is 0.259 e. The SMILES string of the molecule is CCN(CC)C(=O)c1cn(C2CCCC2)cc(C(=O)NCc2cccc(OC)c2)c1=O. The van der Waals surface area contributed by atoms with Crippen molar-refractivity contribution >= 4 is 11.8 Å². The Morgan fingerprint density at radius 1 is 1.13 bits per heavy atom. The van der Waals surface area contributed by atoms with Crippen molar-refractivity contribution in [2.75, 3.05) is 20.2 Å². The van der Waals surface area contributed by atoms with Crippen LogP contribution in [0, 0.1) is 0 Å². The summed E-state index contributed by atoms with van der Waals surface area (Å²) in [4.78, 5) is 40.7. The first kappa shape index (κ1) is 22.6. The average molecular weight is 426 g/mol. The summed E-state index contributed by atoms with van der Waals surface area (Å²) in [6.07, 6.45) is 7.41. The Labute approximate surface area is 183 Å². The van der Waals surface area contributed by atoms with E-state index in [1.54, 1.807) is 24.4 Å². The fraction of sp³-hybridized carbons (Fsp3) is 0.458. The Morgan fingerprint density at radius 2 is 1.81 bits per heavy atom. The van der Waals surface area contributed by atoms with Crippen LogP contribution in [0.4, 0.5) is 0 Å². The second-order valence-electron chi connectivity index (χ2n) is 7.81. The lowest BCUT2D eigenvalue weighted by molar-refractivity contribution is 0.0770. The lowest BCUT2D eigenvalue weighted by atomic mass is 10.1. The summed E-state index contributed by atoms with van der Waals surface area (Å²) in [5, 5.41) is 2.82. The van der Waals surface area contributed by atoms with Crippen LogP contribution in [-0.2, 0) is 6.54 Å². The van der Waals surface area contributed by atoms with E-state index in [-0.39, 0.29) is 29.6 Å². The number of rotatable bonds is 8. The minimum atomic E-state index is -0.519. The Balaban J connectivity index is 1.92. The summed E-state index contributed by atoms with van der Waals surface area (Å²) in [5.74, 6) is -0.111. The van der Waals surface area contributed by atoms with E-state index < -0.39 is 11.3 Å². The molecule has 0 saturated heterocycles. The maximum Gasteiger partial charge on any atom is 0.259 e. The molecule has 166 valence electrons. The van der Waals surface area contributed by atoms with E-state index in [2.05, 4.69) is 5.32 Å². The number of hydrogen-bond acceptors (Lipinski definition) is 4. The van der Waals surface area contributed by atoms with Crippen LogP contribution >= 0.6 is 0 Å². The topological polar surface area (TPSA) is 80.6 Å². The normalized spacial score (nSPS) is 13.8. The molecule has 7 nitrogen and oxygen atoms in total. The predicted octanol–water partition coefficient (Wildman–Crippen LogP) is 3.38. The van der Waals surface area contributed by atoms with Gasteiger partial charge in [-0.3, -0.25) is 14.4 Å². The lowest BCUT2D eigenvalue weighted by Crippen LogP contribution is -2.38. The highest BCUT2D eigenvalue weighted by atomic mass is 16.5. The van der Waals surface area contributed by atoms with Crippen LogP contribution in [0.15, 0.2) is 41.5 Å². The Kier molecular flexibility index (Phi) is 7.50. The van der Waals surface area contributed by atoms with E-state index in [4.69, 9.17) is 4.74 Å². The molecule has 1 saturated carbocycles. The average Bonchev–Trinajstić information content (AvgIpc) is 3.33. The van der Waals surface area contributed by atoms with E-state index in [0.29, 0.717) is 18.8 Å². The first-order valence-corrected chi connectivity index (χ1v) is 10.9. The summed E-state index contributed by atoms with van der Waals surface area (Å²) < 4.78 is 7.11. The molecule has 3 rings (SSSR count). The van der Waals surface area contributed by atoms with Gasteiger partial charge >= 0.3 is 0 Å². The fourth-order valence-corrected chi connectivity index (χ4v) is 4.07. The van der Waals surface area contributed by atoms with Crippen LogP contribution < -0.4 is 15.5 Å². The van der Waals surface area contributed by atoms with Crippen molar-refractivity contribution in [3.8, 4) is 5.75 Å². The highest BCUT2D eigenvalue weighted by molar-refractivity contribution is 5.99. The summed E-state index contributed by atoms with van der Waals surface area (Å²) >= 11 is 0. The predicted molar refractivity (Wildman–Crippen MR) is 120 cm³/mol. The van der Waals surface area contributed by atoms with Crippen LogP contribution in [0.25, 0.3) is 0 Å². The molecule has 0 bridgehead atoms. The molecule has 1 heterocycles. The van der Waals surface area contributed by atoms with E-state index >= 15 is 0 Å². The molecule has 1 N–H and O–H groups in total. The molecule has 0 spiro atoms. The summed E-state index contributed by atoms with van der Waals surface area (Å²) in [5.41, 5.74) is 0.408.